The molecule has 0 aromatic heterocycles. The van der Waals surface area contributed by atoms with Gasteiger partial charge in [-0.2, -0.15) is 5.10 Å². The van der Waals surface area contributed by atoms with Crippen LogP contribution in [0.3, 0.4) is 0 Å². The zero-order chi connectivity index (χ0) is 16.1. The summed E-state index contributed by atoms with van der Waals surface area (Å²) in [5, 5.41) is 24.3. The highest BCUT2D eigenvalue weighted by atomic mass is 35.5. The molecule has 1 amide bonds. The van der Waals surface area contributed by atoms with Gasteiger partial charge in [0.15, 0.2) is 0 Å². The molecule has 0 spiro atoms. The van der Waals surface area contributed by atoms with Gasteiger partial charge in [0.25, 0.3) is 11.6 Å². The lowest BCUT2D eigenvalue weighted by molar-refractivity contribution is -0.385. The van der Waals surface area contributed by atoms with Crippen molar-refractivity contribution in [2.45, 2.75) is 0 Å². The van der Waals surface area contributed by atoms with Crippen molar-refractivity contribution in [3.63, 3.8) is 0 Å². The molecule has 0 aliphatic carbocycles. The maximum Gasteiger partial charge on any atom is 0.278 e. The third-order valence-corrected chi connectivity index (χ3v) is 2.94. The van der Waals surface area contributed by atoms with Gasteiger partial charge in [0, 0.05) is 16.7 Å². The second-order valence-electron chi connectivity index (χ2n) is 4.21. The van der Waals surface area contributed by atoms with Gasteiger partial charge in [0.1, 0.15) is 5.75 Å². The largest absolute Gasteiger partial charge is 0.508 e. The highest BCUT2D eigenvalue weighted by Crippen LogP contribution is 2.21. The van der Waals surface area contributed by atoms with Crippen LogP contribution in [0.15, 0.2) is 47.6 Å². The van der Waals surface area contributed by atoms with Gasteiger partial charge in [-0.25, -0.2) is 5.43 Å². The molecule has 2 aromatic carbocycles. The highest BCUT2D eigenvalue weighted by Gasteiger charge is 2.12. The molecule has 0 radical (unpaired) electrons. The maximum absolute atomic E-state index is 11.8. The molecule has 22 heavy (non-hydrogen) atoms. The Labute approximate surface area is 130 Å². The predicted octanol–water partition coefficient (Wildman–Crippen LogP) is 2.72. The van der Waals surface area contributed by atoms with Crippen molar-refractivity contribution in [1.29, 1.82) is 0 Å². The van der Waals surface area contributed by atoms with Gasteiger partial charge in [0.2, 0.25) is 0 Å². The van der Waals surface area contributed by atoms with Crippen molar-refractivity contribution < 1.29 is 14.8 Å². The van der Waals surface area contributed by atoms with Crippen LogP contribution in [0.25, 0.3) is 0 Å². The molecular weight excluding hydrogens is 310 g/mol. The SMILES string of the molecule is O=C(NN=Cc1cc(O)ccc1[N+](=O)[O-])c1ccc(Cl)cc1. The zero-order valence-electron chi connectivity index (χ0n) is 11.1. The van der Waals surface area contributed by atoms with Gasteiger partial charge >= 0.3 is 0 Å². The Balaban J connectivity index is 2.12. The molecule has 0 heterocycles. The van der Waals surface area contributed by atoms with Crippen molar-refractivity contribution in [3.05, 3.63) is 68.7 Å². The van der Waals surface area contributed by atoms with Crippen LogP contribution in [0, 0.1) is 10.1 Å². The van der Waals surface area contributed by atoms with E-state index in [4.69, 9.17) is 11.6 Å². The molecule has 8 heteroatoms. The summed E-state index contributed by atoms with van der Waals surface area (Å²) in [6.45, 7) is 0. The normalized spacial score (nSPS) is 10.6. The van der Waals surface area contributed by atoms with Gasteiger partial charge in [-0.3, -0.25) is 14.9 Å². The number of hydrazone groups is 1. The van der Waals surface area contributed by atoms with Crippen molar-refractivity contribution in [2.24, 2.45) is 5.10 Å². The number of hydrogen-bond donors (Lipinski definition) is 2. The van der Waals surface area contributed by atoms with E-state index in [1.807, 2.05) is 0 Å². The Morgan fingerprint density at radius 2 is 1.95 bits per heavy atom. The molecule has 0 atom stereocenters. The summed E-state index contributed by atoms with van der Waals surface area (Å²) in [5.41, 5.74) is 2.41. The number of nitrogens with zero attached hydrogens (tertiary/aromatic N) is 2. The van der Waals surface area contributed by atoms with Crippen molar-refractivity contribution in [2.75, 3.05) is 0 Å². The van der Waals surface area contributed by atoms with Crippen LogP contribution in [0.1, 0.15) is 15.9 Å². The van der Waals surface area contributed by atoms with Crippen LogP contribution in [-0.2, 0) is 0 Å². The number of phenolic OH excluding ortho intramolecular Hbond substituents is 1. The first-order chi connectivity index (χ1) is 10.5. The van der Waals surface area contributed by atoms with E-state index in [1.54, 1.807) is 12.1 Å². The molecule has 2 rings (SSSR count). The number of carbonyl (C=O) groups excluding carboxylic acids is 1. The van der Waals surface area contributed by atoms with Gasteiger partial charge in [-0.05, 0) is 36.4 Å². The molecule has 0 fully saturated rings. The van der Waals surface area contributed by atoms with E-state index in [2.05, 4.69) is 10.5 Å². The number of phenols is 1. The summed E-state index contributed by atoms with van der Waals surface area (Å²) in [6.07, 6.45) is 1.09. The van der Waals surface area contributed by atoms with Gasteiger partial charge in [-0.15, -0.1) is 0 Å². The van der Waals surface area contributed by atoms with E-state index in [-0.39, 0.29) is 17.0 Å². The van der Waals surface area contributed by atoms with E-state index in [0.29, 0.717) is 10.6 Å². The number of amides is 1. The molecule has 2 aromatic rings. The van der Waals surface area contributed by atoms with Crippen LogP contribution in [-0.4, -0.2) is 22.2 Å². The fourth-order valence-electron chi connectivity index (χ4n) is 1.64. The first-order valence-corrected chi connectivity index (χ1v) is 6.41. The van der Waals surface area contributed by atoms with E-state index in [9.17, 15) is 20.0 Å². The fourth-order valence-corrected chi connectivity index (χ4v) is 1.76. The summed E-state index contributed by atoms with van der Waals surface area (Å²) in [6, 6.07) is 9.67. The number of nitrogens with one attached hydrogen (secondary N) is 1. The fraction of sp³-hybridized carbons (Fsp3) is 0. The Bertz CT molecular complexity index is 744. The minimum absolute atomic E-state index is 0.0707. The average molecular weight is 320 g/mol. The molecule has 7 nitrogen and oxygen atoms in total. The molecule has 0 saturated carbocycles. The summed E-state index contributed by atoms with van der Waals surface area (Å²) in [7, 11) is 0. The molecular formula is C14H10ClN3O4. The number of rotatable bonds is 4. The van der Waals surface area contributed by atoms with Crippen LogP contribution in [0.2, 0.25) is 5.02 Å². The number of halogens is 1. The molecule has 0 aliphatic rings. The van der Waals surface area contributed by atoms with Gasteiger partial charge < -0.3 is 5.11 Å². The molecule has 0 bridgehead atoms. The third kappa shape index (κ3) is 3.80. The Morgan fingerprint density at radius 3 is 2.59 bits per heavy atom. The average Bonchev–Trinajstić information content (AvgIpc) is 2.47. The molecule has 0 aliphatic heterocycles. The summed E-state index contributed by atoms with van der Waals surface area (Å²) in [4.78, 5) is 22.0. The Kier molecular flexibility index (Phi) is 4.70. The molecule has 112 valence electrons. The van der Waals surface area contributed by atoms with Crippen LogP contribution < -0.4 is 5.43 Å². The van der Waals surface area contributed by atoms with Crippen molar-refractivity contribution in [3.8, 4) is 5.75 Å². The predicted molar refractivity (Wildman–Crippen MR) is 81.3 cm³/mol. The second kappa shape index (κ2) is 6.68. The van der Waals surface area contributed by atoms with Crippen LogP contribution >= 0.6 is 11.6 Å². The monoisotopic (exact) mass is 319 g/mol. The molecule has 0 unspecified atom stereocenters. The molecule has 2 N–H and O–H groups in total. The van der Waals surface area contributed by atoms with Gasteiger partial charge in [-0.1, -0.05) is 11.6 Å². The minimum atomic E-state index is -0.609. The summed E-state index contributed by atoms with van der Waals surface area (Å²) < 4.78 is 0. The highest BCUT2D eigenvalue weighted by molar-refractivity contribution is 6.30. The quantitative estimate of drug-likeness (QED) is 0.513. The first kappa shape index (κ1) is 15.5. The number of nitro benzene ring substituents is 1. The number of aromatic hydroxyl groups is 1. The summed E-state index contributed by atoms with van der Waals surface area (Å²) >= 11 is 5.71. The van der Waals surface area contributed by atoms with Crippen molar-refractivity contribution >= 4 is 29.4 Å². The second-order valence-corrected chi connectivity index (χ2v) is 4.64. The standard InChI is InChI=1S/C14H10ClN3O4/c15-11-3-1-9(2-4-11)14(20)17-16-8-10-7-12(19)5-6-13(10)18(21)22/h1-8,19H,(H,17,20). The van der Waals surface area contributed by atoms with Crippen LogP contribution in [0.5, 0.6) is 5.75 Å². The molecule has 0 saturated heterocycles. The number of hydrogen-bond acceptors (Lipinski definition) is 5. The number of carbonyl (C=O) groups is 1. The van der Waals surface area contributed by atoms with Crippen molar-refractivity contribution in [1.82, 2.24) is 5.43 Å². The topological polar surface area (TPSA) is 105 Å². The van der Waals surface area contributed by atoms with Crippen LogP contribution in [0.4, 0.5) is 5.69 Å². The summed E-state index contributed by atoms with van der Waals surface area (Å²) in [5.74, 6) is -0.633. The smallest absolute Gasteiger partial charge is 0.278 e. The van der Waals surface area contributed by atoms with Gasteiger partial charge in [0.05, 0.1) is 16.7 Å². The van der Waals surface area contributed by atoms with E-state index in [0.717, 1.165) is 12.3 Å². The maximum atomic E-state index is 11.8. The lowest BCUT2D eigenvalue weighted by Gasteiger charge is -2.01. The minimum Gasteiger partial charge on any atom is -0.508 e. The van der Waals surface area contributed by atoms with E-state index < -0.39 is 10.8 Å². The number of nitro groups is 1. The lowest BCUT2D eigenvalue weighted by atomic mass is 10.2. The zero-order valence-corrected chi connectivity index (χ0v) is 11.8. The Morgan fingerprint density at radius 1 is 1.27 bits per heavy atom. The lowest BCUT2D eigenvalue weighted by Crippen LogP contribution is -2.17. The van der Waals surface area contributed by atoms with E-state index >= 15 is 0 Å². The van der Waals surface area contributed by atoms with E-state index in [1.165, 1.54) is 24.3 Å². The third-order valence-electron chi connectivity index (χ3n) is 2.68. The first-order valence-electron chi connectivity index (χ1n) is 6.04. The Hall–Kier alpha value is -2.93. The number of benzene rings is 2.